The lowest BCUT2D eigenvalue weighted by molar-refractivity contribution is -0.127. The second kappa shape index (κ2) is 4.89. The van der Waals surface area contributed by atoms with Crippen molar-refractivity contribution in [3.05, 3.63) is 35.9 Å². The second-order valence-electron chi connectivity index (χ2n) is 5.14. The molecule has 0 amide bonds. The van der Waals surface area contributed by atoms with Gasteiger partial charge in [-0.3, -0.25) is 4.79 Å². The van der Waals surface area contributed by atoms with Gasteiger partial charge in [0.15, 0.2) is 0 Å². The number of carbonyl (C=O) groups excluding carboxylic acids is 1. The van der Waals surface area contributed by atoms with Crippen LogP contribution in [0.15, 0.2) is 35.5 Å². The Labute approximate surface area is 112 Å². The minimum absolute atomic E-state index is 0.255. The van der Waals surface area contributed by atoms with E-state index >= 15 is 0 Å². The molecule has 2 aliphatic rings. The maximum atomic E-state index is 11.3. The molecule has 96 valence electrons. The fourth-order valence-electron chi connectivity index (χ4n) is 2.51. The number of hydrogen-bond donors (Lipinski definition) is 0. The fraction of sp³-hybridized carbons (Fsp3) is 0.375. The Morgan fingerprint density at radius 1 is 1.11 bits per heavy atom. The van der Waals surface area contributed by atoms with E-state index in [9.17, 15) is 4.79 Å². The first-order chi connectivity index (χ1) is 9.26. The molecule has 0 bridgehead atoms. The maximum Gasteiger partial charge on any atom is 0.144 e. The first kappa shape index (κ1) is 12.0. The predicted octanol–water partition coefficient (Wildman–Crippen LogP) is 2.70. The molecule has 1 fully saturated rings. The molecule has 1 heterocycles. The van der Waals surface area contributed by atoms with Gasteiger partial charge in [-0.15, -0.1) is 0 Å². The molecule has 1 aromatic carbocycles. The van der Waals surface area contributed by atoms with E-state index in [-0.39, 0.29) is 5.60 Å². The van der Waals surface area contributed by atoms with E-state index < -0.39 is 0 Å². The van der Waals surface area contributed by atoms with E-state index in [1.165, 1.54) is 0 Å². The fourth-order valence-corrected chi connectivity index (χ4v) is 2.51. The number of benzene rings is 1. The molecule has 0 aromatic heterocycles. The molecule has 19 heavy (non-hydrogen) atoms. The van der Waals surface area contributed by atoms with Crippen molar-refractivity contribution in [2.75, 3.05) is 0 Å². The Hall–Kier alpha value is -2.08. The molecule has 0 N–H and O–H groups in total. The van der Waals surface area contributed by atoms with Crippen molar-refractivity contribution < 1.29 is 9.63 Å². The van der Waals surface area contributed by atoms with Crippen LogP contribution >= 0.6 is 0 Å². The van der Waals surface area contributed by atoms with Gasteiger partial charge in [0.05, 0.1) is 0 Å². The highest BCUT2D eigenvalue weighted by Crippen LogP contribution is 2.37. The van der Waals surface area contributed by atoms with Crippen LogP contribution in [0.2, 0.25) is 0 Å². The van der Waals surface area contributed by atoms with Crippen molar-refractivity contribution in [1.29, 1.82) is 0 Å². The van der Waals surface area contributed by atoms with Crippen molar-refractivity contribution in [1.82, 2.24) is 0 Å². The van der Waals surface area contributed by atoms with Crippen molar-refractivity contribution in [2.24, 2.45) is 5.16 Å². The van der Waals surface area contributed by atoms with Gasteiger partial charge in [0.2, 0.25) is 0 Å². The molecule has 3 rings (SSSR count). The quantitative estimate of drug-likeness (QED) is 0.667. The lowest BCUT2D eigenvalue weighted by atomic mass is 9.81. The molecular formula is C16H15NO2. The van der Waals surface area contributed by atoms with Crippen molar-refractivity contribution in [3.63, 3.8) is 0 Å². The van der Waals surface area contributed by atoms with Gasteiger partial charge in [-0.25, -0.2) is 0 Å². The molecule has 0 unspecified atom stereocenters. The Kier molecular flexibility index (Phi) is 3.08. The third-order valence-corrected chi connectivity index (χ3v) is 3.68. The van der Waals surface area contributed by atoms with Crippen LogP contribution in [-0.4, -0.2) is 17.1 Å². The standard InChI is InChI=1S/C16H15NO2/c18-15-8-10-16(11-9-15)12-14(17-19-16)7-6-13-4-2-1-3-5-13/h1-5H,8-12H2. The molecule has 0 radical (unpaired) electrons. The second-order valence-corrected chi connectivity index (χ2v) is 5.14. The van der Waals surface area contributed by atoms with Crippen LogP contribution < -0.4 is 0 Å². The van der Waals surface area contributed by atoms with Crippen molar-refractivity contribution in [2.45, 2.75) is 37.7 Å². The maximum absolute atomic E-state index is 11.3. The molecule has 0 saturated heterocycles. The first-order valence-electron chi connectivity index (χ1n) is 6.60. The molecule has 1 saturated carbocycles. The van der Waals surface area contributed by atoms with Crippen LogP contribution in [0.4, 0.5) is 0 Å². The van der Waals surface area contributed by atoms with Gasteiger partial charge in [-0.2, -0.15) is 0 Å². The normalized spacial score (nSPS) is 20.4. The predicted molar refractivity (Wildman–Crippen MR) is 72.7 cm³/mol. The third-order valence-electron chi connectivity index (χ3n) is 3.68. The average Bonchev–Trinajstić information content (AvgIpc) is 2.85. The lowest BCUT2D eigenvalue weighted by Crippen LogP contribution is -2.34. The molecular weight excluding hydrogens is 238 g/mol. The van der Waals surface area contributed by atoms with Crippen molar-refractivity contribution >= 4 is 11.5 Å². The number of Topliss-reactive ketones (excluding diaryl/α,β-unsaturated/α-hetero) is 1. The molecule has 3 nitrogen and oxygen atoms in total. The summed E-state index contributed by atoms with van der Waals surface area (Å²) >= 11 is 0. The Morgan fingerprint density at radius 2 is 1.84 bits per heavy atom. The molecule has 1 spiro atoms. The summed E-state index contributed by atoms with van der Waals surface area (Å²) in [6.45, 7) is 0. The Bertz CT molecular complexity index is 568. The number of rotatable bonds is 0. The highest BCUT2D eigenvalue weighted by atomic mass is 16.7. The van der Waals surface area contributed by atoms with Crippen LogP contribution in [0.3, 0.4) is 0 Å². The van der Waals surface area contributed by atoms with Crippen LogP contribution in [0.1, 0.15) is 37.7 Å². The van der Waals surface area contributed by atoms with Crippen molar-refractivity contribution in [3.8, 4) is 11.8 Å². The molecule has 0 atom stereocenters. The van der Waals surface area contributed by atoms with E-state index in [0.717, 1.165) is 30.5 Å². The lowest BCUT2D eigenvalue weighted by Gasteiger charge is -2.29. The molecule has 3 heteroatoms. The van der Waals surface area contributed by atoms with E-state index in [4.69, 9.17) is 4.84 Å². The topological polar surface area (TPSA) is 38.7 Å². The highest BCUT2D eigenvalue weighted by molar-refractivity contribution is 6.02. The summed E-state index contributed by atoms with van der Waals surface area (Å²) in [4.78, 5) is 16.8. The zero-order valence-electron chi connectivity index (χ0n) is 10.7. The zero-order chi connectivity index (χ0) is 13.1. The van der Waals surface area contributed by atoms with Crippen LogP contribution in [0.25, 0.3) is 0 Å². The minimum Gasteiger partial charge on any atom is -0.388 e. The Balaban J connectivity index is 1.66. The van der Waals surface area contributed by atoms with Gasteiger partial charge >= 0.3 is 0 Å². The van der Waals surface area contributed by atoms with Crippen LogP contribution in [-0.2, 0) is 9.63 Å². The summed E-state index contributed by atoms with van der Waals surface area (Å²) in [5.41, 5.74) is 1.51. The largest absolute Gasteiger partial charge is 0.388 e. The van der Waals surface area contributed by atoms with E-state index in [2.05, 4.69) is 17.0 Å². The van der Waals surface area contributed by atoms with Crippen LogP contribution in [0.5, 0.6) is 0 Å². The SMILES string of the molecule is O=C1CCC2(CC1)CC(C#Cc1ccccc1)=NO2. The number of oxime groups is 1. The summed E-state index contributed by atoms with van der Waals surface area (Å²) in [5, 5.41) is 4.08. The number of nitrogens with zero attached hydrogens (tertiary/aromatic N) is 1. The van der Waals surface area contributed by atoms with Crippen LogP contribution in [0, 0.1) is 11.8 Å². The summed E-state index contributed by atoms with van der Waals surface area (Å²) in [6.07, 6.45) is 3.49. The van der Waals surface area contributed by atoms with Gasteiger partial charge < -0.3 is 4.84 Å². The first-order valence-corrected chi connectivity index (χ1v) is 6.60. The summed E-state index contributed by atoms with van der Waals surface area (Å²) in [5.74, 6) is 6.49. The smallest absolute Gasteiger partial charge is 0.144 e. The third kappa shape index (κ3) is 2.68. The van der Waals surface area contributed by atoms with E-state index in [1.54, 1.807) is 0 Å². The van der Waals surface area contributed by atoms with Gasteiger partial charge in [-0.05, 0) is 30.9 Å². The molecule has 1 aliphatic heterocycles. The van der Waals surface area contributed by atoms with E-state index in [1.807, 2.05) is 30.3 Å². The molecule has 1 aromatic rings. The van der Waals surface area contributed by atoms with Gasteiger partial charge in [0, 0.05) is 24.8 Å². The average molecular weight is 253 g/mol. The van der Waals surface area contributed by atoms with E-state index in [0.29, 0.717) is 18.6 Å². The number of hydrogen-bond acceptors (Lipinski definition) is 3. The van der Waals surface area contributed by atoms with Gasteiger partial charge in [0.25, 0.3) is 0 Å². The Morgan fingerprint density at radius 3 is 2.58 bits per heavy atom. The monoisotopic (exact) mass is 253 g/mol. The number of ketones is 1. The minimum atomic E-state index is -0.255. The summed E-state index contributed by atoms with van der Waals surface area (Å²) < 4.78 is 0. The summed E-state index contributed by atoms with van der Waals surface area (Å²) in [7, 11) is 0. The molecule has 1 aliphatic carbocycles. The summed E-state index contributed by atoms with van der Waals surface area (Å²) in [6, 6.07) is 9.84. The van der Waals surface area contributed by atoms with Gasteiger partial charge in [0.1, 0.15) is 17.1 Å². The van der Waals surface area contributed by atoms with Gasteiger partial charge in [-0.1, -0.05) is 29.3 Å². The highest BCUT2D eigenvalue weighted by Gasteiger charge is 2.41. The number of carbonyl (C=O) groups is 1. The zero-order valence-corrected chi connectivity index (χ0v) is 10.7.